The first-order valence-corrected chi connectivity index (χ1v) is 5.61. The molecule has 17 heavy (non-hydrogen) atoms. The fraction of sp³-hybridized carbons (Fsp3) is 0.333. The molecule has 0 aliphatic carbocycles. The van der Waals surface area contributed by atoms with Gasteiger partial charge < -0.3 is 4.84 Å². The zero-order chi connectivity index (χ0) is 12.8. The Morgan fingerprint density at radius 3 is 2.71 bits per heavy atom. The molecule has 1 rings (SSSR count). The minimum atomic E-state index is -0.468. The lowest BCUT2D eigenvalue weighted by Gasteiger charge is -2.07. The molecular weight excluding hydrogens is 242 g/mol. The lowest BCUT2D eigenvalue weighted by molar-refractivity contribution is -0.161. The Morgan fingerprint density at radius 1 is 1.41 bits per heavy atom. The predicted octanol–water partition coefficient (Wildman–Crippen LogP) is 2.11. The van der Waals surface area contributed by atoms with Crippen LogP contribution in [0, 0.1) is 5.92 Å². The minimum absolute atomic E-state index is 0.117. The van der Waals surface area contributed by atoms with Crippen LogP contribution in [0.2, 0.25) is 5.02 Å². The van der Waals surface area contributed by atoms with E-state index in [-0.39, 0.29) is 18.2 Å². The lowest BCUT2D eigenvalue weighted by Crippen LogP contribution is -2.30. The van der Waals surface area contributed by atoms with Gasteiger partial charge in [-0.1, -0.05) is 37.6 Å². The summed E-state index contributed by atoms with van der Waals surface area (Å²) in [6.07, 6.45) is 0.117. The highest BCUT2D eigenvalue weighted by Gasteiger charge is 2.11. The van der Waals surface area contributed by atoms with E-state index in [1.807, 2.05) is 0 Å². The van der Waals surface area contributed by atoms with Crippen molar-refractivity contribution >= 4 is 23.5 Å². The van der Waals surface area contributed by atoms with Gasteiger partial charge in [0.1, 0.15) is 0 Å². The van der Waals surface area contributed by atoms with Gasteiger partial charge in [0.2, 0.25) is 0 Å². The molecule has 0 unspecified atom stereocenters. The van der Waals surface area contributed by atoms with Crippen LogP contribution in [0.5, 0.6) is 0 Å². The molecule has 0 fully saturated rings. The average Bonchev–Trinajstić information content (AvgIpc) is 2.25. The van der Waals surface area contributed by atoms with Gasteiger partial charge in [-0.15, -0.1) is 0 Å². The van der Waals surface area contributed by atoms with Gasteiger partial charge >= 0.3 is 5.97 Å². The van der Waals surface area contributed by atoms with E-state index in [9.17, 15) is 9.59 Å². The normalized spacial score (nSPS) is 10.1. The second-order valence-corrected chi connectivity index (χ2v) is 4.34. The van der Waals surface area contributed by atoms with Gasteiger partial charge in [-0.25, -0.2) is 4.79 Å². The van der Waals surface area contributed by atoms with Crippen molar-refractivity contribution < 1.29 is 14.4 Å². The van der Waals surface area contributed by atoms with Crippen LogP contribution in [0.1, 0.15) is 19.4 Å². The molecule has 0 aromatic heterocycles. The average molecular weight is 256 g/mol. The monoisotopic (exact) mass is 255 g/mol. The van der Waals surface area contributed by atoms with Crippen LogP contribution in [-0.2, 0) is 20.8 Å². The molecular formula is C12H14ClNO3. The molecule has 1 aromatic rings. The topological polar surface area (TPSA) is 55.4 Å². The summed E-state index contributed by atoms with van der Waals surface area (Å²) < 4.78 is 0. The molecule has 1 amide bonds. The number of halogens is 1. The van der Waals surface area contributed by atoms with Gasteiger partial charge in [0, 0.05) is 5.02 Å². The number of carbonyl (C=O) groups is 2. The lowest BCUT2D eigenvalue weighted by atomic mass is 10.1. The van der Waals surface area contributed by atoms with E-state index < -0.39 is 5.97 Å². The Bertz CT molecular complexity index is 418. The van der Waals surface area contributed by atoms with Crippen molar-refractivity contribution in [3.05, 3.63) is 34.9 Å². The van der Waals surface area contributed by atoms with Crippen molar-refractivity contribution in [3.63, 3.8) is 0 Å². The van der Waals surface area contributed by atoms with Gasteiger partial charge in [-0.3, -0.25) is 4.79 Å². The number of amides is 1. The molecule has 1 N–H and O–H groups in total. The van der Waals surface area contributed by atoms with E-state index in [0.717, 1.165) is 5.56 Å². The van der Waals surface area contributed by atoms with E-state index in [2.05, 4.69) is 10.3 Å². The van der Waals surface area contributed by atoms with Gasteiger partial charge in [-0.05, 0) is 17.7 Å². The van der Waals surface area contributed by atoms with Crippen LogP contribution in [0.15, 0.2) is 24.3 Å². The molecule has 0 spiro atoms. The second kappa shape index (κ2) is 6.25. The summed E-state index contributed by atoms with van der Waals surface area (Å²) in [7, 11) is 0. The third-order valence-electron chi connectivity index (χ3n) is 1.99. The van der Waals surface area contributed by atoms with Crippen molar-refractivity contribution in [3.8, 4) is 0 Å². The fourth-order valence-corrected chi connectivity index (χ4v) is 1.31. The third-order valence-corrected chi connectivity index (χ3v) is 2.23. The van der Waals surface area contributed by atoms with E-state index in [4.69, 9.17) is 11.6 Å². The quantitative estimate of drug-likeness (QED) is 0.842. The highest BCUT2D eigenvalue weighted by atomic mass is 35.5. The fourth-order valence-electron chi connectivity index (χ4n) is 1.09. The van der Waals surface area contributed by atoms with Crippen molar-refractivity contribution in [1.29, 1.82) is 0 Å². The van der Waals surface area contributed by atoms with Crippen LogP contribution < -0.4 is 5.48 Å². The molecule has 92 valence electrons. The summed E-state index contributed by atoms with van der Waals surface area (Å²) in [5, 5.41) is 0.564. The van der Waals surface area contributed by atoms with Gasteiger partial charge in [0.05, 0.1) is 12.3 Å². The zero-order valence-corrected chi connectivity index (χ0v) is 10.5. The van der Waals surface area contributed by atoms with Crippen LogP contribution in [0.4, 0.5) is 0 Å². The minimum Gasteiger partial charge on any atom is -0.341 e. The highest BCUT2D eigenvalue weighted by molar-refractivity contribution is 6.30. The van der Waals surface area contributed by atoms with Gasteiger partial charge in [0.15, 0.2) is 0 Å². The number of hydrogen-bond donors (Lipinski definition) is 1. The summed E-state index contributed by atoms with van der Waals surface area (Å²) in [5.74, 6) is -1.13. The maximum absolute atomic E-state index is 11.4. The molecule has 0 heterocycles. The number of rotatable bonds is 3. The Labute approximate surface area is 105 Å². The van der Waals surface area contributed by atoms with E-state index in [0.29, 0.717) is 5.02 Å². The highest BCUT2D eigenvalue weighted by Crippen LogP contribution is 2.10. The summed E-state index contributed by atoms with van der Waals surface area (Å²) in [6.45, 7) is 3.37. The maximum atomic E-state index is 11.4. The Balaban J connectivity index is 2.43. The predicted molar refractivity (Wildman–Crippen MR) is 64.2 cm³/mol. The van der Waals surface area contributed by atoms with Crippen molar-refractivity contribution in [1.82, 2.24) is 5.48 Å². The Morgan fingerprint density at radius 2 is 2.12 bits per heavy atom. The number of nitrogens with one attached hydrogen (secondary N) is 1. The van der Waals surface area contributed by atoms with Crippen molar-refractivity contribution in [2.75, 3.05) is 0 Å². The Hall–Kier alpha value is -1.55. The molecule has 0 saturated carbocycles. The van der Waals surface area contributed by atoms with Crippen molar-refractivity contribution in [2.45, 2.75) is 20.3 Å². The molecule has 0 atom stereocenters. The summed E-state index contributed by atoms with van der Waals surface area (Å²) in [4.78, 5) is 27.1. The number of carbonyl (C=O) groups excluding carboxylic acids is 2. The summed E-state index contributed by atoms with van der Waals surface area (Å²) in [5.41, 5.74) is 2.86. The first-order valence-electron chi connectivity index (χ1n) is 5.23. The van der Waals surface area contributed by atoms with Crippen molar-refractivity contribution in [2.24, 2.45) is 5.92 Å². The van der Waals surface area contributed by atoms with Crippen LogP contribution in [0.3, 0.4) is 0 Å². The van der Waals surface area contributed by atoms with E-state index in [1.165, 1.54) is 0 Å². The maximum Gasteiger partial charge on any atom is 0.334 e. The number of hydroxylamine groups is 1. The first-order chi connectivity index (χ1) is 7.99. The molecule has 0 aliphatic rings. The number of hydrogen-bond acceptors (Lipinski definition) is 3. The van der Waals surface area contributed by atoms with E-state index >= 15 is 0 Å². The molecule has 5 heteroatoms. The molecule has 0 saturated heterocycles. The standard InChI is InChI=1S/C12H14ClNO3/c1-8(2)12(16)17-14-11(15)7-9-4-3-5-10(13)6-9/h3-6,8H,7H2,1-2H3,(H,14,15). The molecule has 0 radical (unpaired) electrons. The Kier molecular flexibility index (Phi) is 4.97. The largest absolute Gasteiger partial charge is 0.341 e. The van der Waals surface area contributed by atoms with E-state index in [1.54, 1.807) is 38.1 Å². The van der Waals surface area contributed by atoms with Crippen LogP contribution in [-0.4, -0.2) is 11.9 Å². The third kappa shape index (κ3) is 4.87. The second-order valence-electron chi connectivity index (χ2n) is 3.91. The van der Waals surface area contributed by atoms with Gasteiger partial charge in [-0.2, -0.15) is 5.48 Å². The summed E-state index contributed by atoms with van der Waals surface area (Å²) in [6, 6.07) is 6.94. The smallest absolute Gasteiger partial charge is 0.334 e. The first kappa shape index (κ1) is 13.5. The summed E-state index contributed by atoms with van der Waals surface area (Å²) >= 11 is 5.78. The molecule has 1 aromatic carbocycles. The van der Waals surface area contributed by atoms with Crippen LogP contribution in [0.25, 0.3) is 0 Å². The molecule has 0 aliphatic heterocycles. The number of benzene rings is 1. The van der Waals surface area contributed by atoms with Crippen LogP contribution >= 0.6 is 11.6 Å². The SMILES string of the molecule is CC(C)C(=O)ONC(=O)Cc1cccc(Cl)c1. The zero-order valence-electron chi connectivity index (χ0n) is 9.70. The molecule has 0 bridgehead atoms. The molecule has 4 nitrogen and oxygen atoms in total. The van der Waals surface area contributed by atoms with Gasteiger partial charge in [0.25, 0.3) is 5.91 Å².